The molecule has 1 aliphatic heterocycles. The number of hydrogen-bond donors (Lipinski definition) is 1. The van der Waals surface area contributed by atoms with Crippen molar-refractivity contribution in [3.05, 3.63) is 17.5 Å². The van der Waals surface area contributed by atoms with Gasteiger partial charge < -0.3 is 5.73 Å². The topological polar surface area (TPSA) is 47.1 Å². The van der Waals surface area contributed by atoms with E-state index in [0.717, 1.165) is 13.1 Å². The van der Waals surface area contributed by atoms with E-state index in [1.807, 2.05) is 11.7 Å². The van der Waals surface area contributed by atoms with Gasteiger partial charge in [-0.2, -0.15) is 5.10 Å². The molecule has 2 N–H and O–H groups in total. The second-order valence-electron chi connectivity index (χ2n) is 7.42. The zero-order chi connectivity index (χ0) is 15.1. The molecule has 0 radical (unpaired) electrons. The van der Waals surface area contributed by atoms with E-state index in [1.165, 1.54) is 17.7 Å². The maximum atomic E-state index is 6.04. The van der Waals surface area contributed by atoms with Gasteiger partial charge in [0.1, 0.15) is 0 Å². The summed E-state index contributed by atoms with van der Waals surface area (Å²) >= 11 is 0. The summed E-state index contributed by atoms with van der Waals surface area (Å²) in [7, 11) is 2.02. The molecular weight excluding hydrogens is 248 g/mol. The lowest BCUT2D eigenvalue weighted by Crippen LogP contribution is -2.34. The number of likely N-dealkylation sites (tertiary alicyclic amines) is 1. The molecule has 1 fully saturated rings. The Labute approximate surface area is 123 Å². The smallest absolute Gasteiger partial charge is 0.0725 e. The summed E-state index contributed by atoms with van der Waals surface area (Å²) in [5, 5.41) is 4.74. The van der Waals surface area contributed by atoms with Gasteiger partial charge in [-0.1, -0.05) is 20.8 Å². The van der Waals surface area contributed by atoms with Crippen LogP contribution < -0.4 is 5.73 Å². The van der Waals surface area contributed by atoms with Crippen LogP contribution in [0.2, 0.25) is 0 Å². The number of aromatic nitrogens is 2. The monoisotopic (exact) mass is 278 g/mol. The van der Waals surface area contributed by atoms with Crippen molar-refractivity contribution in [2.24, 2.45) is 18.7 Å². The van der Waals surface area contributed by atoms with Crippen molar-refractivity contribution >= 4 is 0 Å². The Kier molecular flexibility index (Phi) is 4.26. The van der Waals surface area contributed by atoms with Gasteiger partial charge in [-0.05, 0) is 39.3 Å². The Balaban J connectivity index is 2.47. The molecule has 20 heavy (non-hydrogen) atoms. The molecule has 0 aromatic carbocycles. The number of aryl methyl sites for hydroxylation is 1. The highest BCUT2D eigenvalue weighted by atomic mass is 15.3. The van der Waals surface area contributed by atoms with Crippen LogP contribution in [0.4, 0.5) is 0 Å². The molecule has 2 unspecified atom stereocenters. The van der Waals surface area contributed by atoms with E-state index in [-0.39, 0.29) is 5.41 Å². The van der Waals surface area contributed by atoms with Gasteiger partial charge in [-0.25, -0.2) is 0 Å². The van der Waals surface area contributed by atoms with Crippen molar-refractivity contribution < 1.29 is 0 Å². The fraction of sp³-hybridized carbons (Fsp3) is 0.812. The number of nitrogens with zero attached hydrogens (tertiary/aromatic N) is 3. The van der Waals surface area contributed by atoms with Crippen LogP contribution in [-0.4, -0.2) is 33.8 Å². The first-order chi connectivity index (χ1) is 9.25. The van der Waals surface area contributed by atoms with Crippen LogP contribution in [-0.2, 0) is 12.5 Å². The van der Waals surface area contributed by atoms with Gasteiger partial charge in [0.15, 0.2) is 0 Å². The molecule has 0 bridgehead atoms. The van der Waals surface area contributed by atoms with E-state index < -0.39 is 0 Å². The predicted molar refractivity (Wildman–Crippen MR) is 83.7 cm³/mol. The molecule has 0 amide bonds. The van der Waals surface area contributed by atoms with Crippen LogP contribution in [0.1, 0.15) is 58.3 Å². The highest BCUT2D eigenvalue weighted by Crippen LogP contribution is 2.41. The average Bonchev–Trinajstić information content (AvgIpc) is 2.90. The van der Waals surface area contributed by atoms with E-state index in [2.05, 4.69) is 45.7 Å². The third-order valence-electron chi connectivity index (χ3n) is 4.41. The van der Waals surface area contributed by atoms with Gasteiger partial charge >= 0.3 is 0 Å². The molecule has 0 spiro atoms. The van der Waals surface area contributed by atoms with Crippen molar-refractivity contribution in [1.82, 2.24) is 14.7 Å². The quantitative estimate of drug-likeness (QED) is 0.924. The van der Waals surface area contributed by atoms with Crippen LogP contribution in [0.3, 0.4) is 0 Å². The minimum atomic E-state index is 0.0704. The average molecular weight is 278 g/mol. The summed E-state index contributed by atoms with van der Waals surface area (Å²) in [6.07, 6.45) is 3.40. The first-order valence-electron chi connectivity index (χ1n) is 7.75. The van der Waals surface area contributed by atoms with E-state index in [4.69, 9.17) is 10.8 Å². The molecule has 0 saturated carbocycles. The van der Waals surface area contributed by atoms with Crippen LogP contribution >= 0.6 is 0 Å². The van der Waals surface area contributed by atoms with Crippen LogP contribution in [0.25, 0.3) is 0 Å². The lowest BCUT2D eigenvalue weighted by atomic mass is 9.84. The van der Waals surface area contributed by atoms with E-state index in [9.17, 15) is 0 Å². The standard InChI is InChI=1S/C16H30N4/c1-11(2)20-8-7-12(9-17)14(20)13-10-19(6)18-15(13)16(3,4)5/h10-12,14H,7-9,17H2,1-6H3. The highest BCUT2D eigenvalue weighted by molar-refractivity contribution is 5.29. The van der Waals surface area contributed by atoms with Crippen LogP contribution in [0.5, 0.6) is 0 Å². The number of rotatable bonds is 3. The molecule has 4 heteroatoms. The molecule has 1 aromatic rings. The Bertz CT molecular complexity index is 456. The maximum absolute atomic E-state index is 6.04. The summed E-state index contributed by atoms with van der Waals surface area (Å²) in [6.45, 7) is 13.2. The molecule has 0 aliphatic carbocycles. The molecule has 4 nitrogen and oxygen atoms in total. The zero-order valence-electron chi connectivity index (χ0n) is 13.8. The summed E-state index contributed by atoms with van der Waals surface area (Å²) in [6, 6.07) is 0.965. The van der Waals surface area contributed by atoms with Gasteiger partial charge in [-0.15, -0.1) is 0 Å². The summed E-state index contributed by atoms with van der Waals surface area (Å²) < 4.78 is 1.96. The van der Waals surface area contributed by atoms with E-state index in [1.54, 1.807) is 0 Å². The molecule has 1 saturated heterocycles. The van der Waals surface area contributed by atoms with Crippen molar-refractivity contribution in [3.8, 4) is 0 Å². The molecule has 1 aliphatic rings. The minimum Gasteiger partial charge on any atom is -0.330 e. The Morgan fingerprint density at radius 3 is 2.55 bits per heavy atom. The van der Waals surface area contributed by atoms with Crippen LogP contribution in [0.15, 0.2) is 6.20 Å². The van der Waals surface area contributed by atoms with E-state index in [0.29, 0.717) is 18.0 Å². The largest absolute Gasteiger partial charge is 0.330 e. The first kappa shape index (κ1) is 15.5. The Morgan fingerprint density at radius 1 is 1.40 bits per heavy atom. The third-order valence-corrected chi connectivity index (χ3v) is 4.41. The van der Waals surface area contributed by atoms with Crippen molar-refractivity contribution in [2.75, 3.05) is 13.1 Å². The SMILES string of the molecule is CC(C)N1CCC(CN)C1c1cn(C)nc1C(C)(C)C. The fourth-order valence-electron chi connectivity index (χ4n) is 3.45. The molecule has 1 aromatic heterocycles. The summed E-state index contributed by atoms with van der Waals surface area (Å²) in [5.74, 6) is 0.544. The van der Waals surface area contributed by atoms with Gasteiger partial charge in [0.25, 0.3) is 0 Å². The number of nitrogens with two attached hydrogens (primary N) is 1. The lowest BCUT2D eigenvalue weighted by molar-refractivity contribution is 0.183. The third kappa shape index (κ3) is 2.77. The van der Waals surface area contributed by atoms with Crippen molar-refractivity contribution in [2.45, 2.75) is 58.5 Å². The normalized spacial score (nSPS) is 24.8. The van der Waals surface area contributed by atoms with Gasteiger partial charge in [0, 0.05) is 36.3 Å². The molecule has 2 heterocycles. The highest BCUT2D eigenvalue weighted by Gasteiger charge is 2.39. The van der Waals surface area contributed by atoms with Crippen molar-refractivity contribution in [3.63, 3.8) is 0 Å². The van der Waals surface area contributed by atoms with Gasteiger partial charge in [0.05, 0.1) is 5.69 Å². The van der Waals surface area contributed by atoms with Gasteiger partial charge in [-0.3, -0.25) is 9.58 Å². The second-order valence-corrected chi connectivity index (χ2v) is 7.42. The van der Waals surface area contributed by atoms with Crippen LogP contribution in [0, 0.1) is 5.92 Å². The maximum Gasteiger partial charge on any atom is 0.0725 e. The molecular formula is C16H30N4. The summed E-state index contributed by atoms with van der Waals surface area (Å²) in [5.41, 5.74) is 8.70. The van der Waals surface area contributed by atoms with E-state index >= 15 is 0 Å². The lowest BCUT2D eigenvalue weighted by Gasteiger charge is -2.32. The molecule has 114 valence electrons. The summed E-state index contributed by atoms with van der Waals surface area (Å²) in [4.78, 5) is 2.59. The fourth-order valence-corrected chi connectivity index (χ4v) is 3.45. The van der Waals surface area contributed by atoms with Gasteiger partial charge in [0.2, 0.25) is 0 Å². The molecule has 2 atom stereocenters. The number of hydrogen-bond acceptors (Lipinski definition) is 3. The Morgan fingerprint density at radius 2 is 2.05 bits per heavy atom. The first-order valence-corrected chi connectivity index (χ1v) is 7.75. The predicted octanol–water partition coefficient (Wildman–Crippen LogP) is 2.45. The second kappa shape index (κ2) is 5.49. The Hall–Kier alpha value is -0.870. The molecule has 2 rings (SSSR count). The van der Waals surface area contributed by atoms with Crippen molar-refractivity contribution in [1.29, 1.82) is 0 Å². The zero-order valence-corrected chi connectivity index (χ0v) is 13.8. The minimum absolute atomic E-state index is 0.0704.